The van der Waals surface area contributed by atoms with Crippen LogP contribution in [0.25, 0.3) is 0 Å². The number of likely N-dealkylation sites (N-methyl/N-ethyl adjacent to an activating group) is 2. The lowest BCUT2D eigenvalue weighted by atomic mass is 10.0. The van der Waals surface area contributed by atoms with Gasteiger partial charge in [0.05, 0.1) is 12.8 Å². The summed E-state index contributed by atoms with van der Waals surface area (Å²) in [5.74, 6) is -0.839. The second kappa shape index (κ2) is 9.10. The minimum Gasteiger partial charge on any atom is -0.459 e. The van der Waals surface area contributed by atoms with Crippen LogP contribution >= 0.6 is 0 Å². The summed E-state index contributed by atoms with van der Waals surface area (Å²) in [6.07, 6.45) is 1.40. The van der Waals surface area contributed by atoms with E-state index in [-0.39, 0.29) is 30.0 Å². The molecule has 0 aromatic carbocycles. The quantitative estimate of drug-likeness (QED) is 0.776. The second-order valence-electron chi connectivity index (χ2n) is 5.93. The molecular weight excluding hydrogens is 310 g/mol. The zero-order valence-corrected chi connectivity index (χ0v) is 15.0. The first-order valence-corrected chi connectivity index (χ1v) is 8.18. The van der Waals surface area contributed by atoms with E-state index < -0.39 is 11.9 Å². The normalized spacial score (nSPS) is 11.9. The topological polar surface area (TPSA) is 82.9 Å². The molecule has 0 spiro atoms. The highest BCUT2D eigenvalue weighted by Crippen LogP contribution is 2.08. The van der Waals surface area contributed by atoms with Gasteiger partial charge in [-0.15, -0.1) is 0 Å². The third kappa shape index (κ3) is 5.11. The number of furan rings is 1. The molecule has 1 aromatic rings. The highest BCUT2D eigenvalue weighted by Gasteiger charge is 2.29. The van der Waals surface area contributed by atoms with Gasteiger partial charge >= 0.3 is 0 Å². The van der Waals surface area contributed by atoms with Crippen LogP contribution in [0.5, 0.6) is 0 Å². The van der Waals surface area contributed by atoms with Gasteiger partial charge in [0.2, 0.25) is 11.8 Å². The van der Waals surface area contributed by atoms with E-state index in [0.717, 1.165) is 0 Å². The van der Waals surface area contributed by atoms with Crippen molar-refractivity contribution < 1.29 is 18.8 Å². The summed E-state index contributed by atoms with van der Waals surface area (Å²) in [6.45, 7) is 8.64. The lowest BCUT2D eigenvalue weighted by Crippen LogP contribution is -2.52. The van der Waals surface area contributed by atoms with E-state index >= 15 is 0 Å². The number of carbonyl (C=O) groups is 3. The molecule has 1 aromatic heterocycles. The highest BCUT2D eigenvalue weighted by molar-refractivity contribution is 5.96. The fourth-order valence-corrected chi connectivity index (χ4v) is 2.33. The Morgan fingerprint density at radius 2 is 1.83 bits per heavy atom. The molecule has 7 nitrogen and oxygen atoms in total. The first-order valence-electron chi connectivity index (χ1n) is 8.18. The first kappa shape index (κ1) is 19.7. The number of hydrogen-bond donors (Lipinski definition) is 1. The molecule has 0 saturated carbocycles. The Hall–Kier alpha value is -2.31. The van der Waals surface area contributed by atoms with E-state index in [4.69, 9.17) is 4.42 Å². The monoisotopic (exact) mass is 337 g/mol. The average molecular weight is 337 g/mol. The van der Waals surface area contributed by atoms with Crippen molar-refractivity contribution >= 4 is 17.7 Å². The molecule has 24 heavy (non-hydrogen) atoms. The van der Waals surface area contributed by atoms with Crippen LogP contribution in [0.3, 0.4) is 0 Å². The summed E-state index contributed by atoms with van der Waals surface area (Å²) >= 11 is 0. The predicted octanol–water partition coefficient (Wildman–Crippen LogP) is 1.36. The zero-order valence-electron chi connectivity index (χ0n) is 15.0. The number of carbonyl (C=O) groups excluding carboxylic acids is 3. The molecule has 134 valence electrons. The number of amides is 3. The fraction of sp³-hybridized carbons (Fsp3) is 0.588. The van der Waals surface area contributed by atoms with Crippen molar-refractivity contribution in [3.05, 3.63) is 24.2 Å². The van der Waals surface area contributed by atoms with Gasteiger partial charge in [0, 0.05) is 20.1 Å². The highest BCUT2D eigenvalue weighted by atomic mass is 16.3. The second-order valence-corrected chi connectivity index (χ2v) is 5.93. The Bertz CT molecular complexity index is 550. The molecule has 0 fully saturated rings. The van der Waals surface area contributed by atoms with Crippen molar-refractivity contribution in [1.29, 1.82) is 0 Å². The molecular formula is C17H27N3O4. The summed E-state index contributed by atoms with van der Waals surface area (Å²) in [6, 6.07) is 2.41. The Morgan fingerprint density at radius 1 is 1.21 bits per heavy atom. The van der Waals surface area contributed by atoms with Gasteiger partial charge in [0.25, 0.3) is 5.91 Å². The van der Waals surface area contributed by atoms with Crippen molar-refractivity contribution in [2.45, 2.75) is 33.7 Å². The Labute approximate surface area is 143 Å². The lowest BCUT2D eigenvalue weighted by Gasteiger charge is -2.28. The first-order chi connectivity index (χ1) is 11.3. The SMILES string of the molecule is CCN(CC)C(=O)CN(C)C(=O)C(NC(=O)c1ccco1)C(C)C. The standard InChI is InChI=1S/C17H27N3O4/c1-6-20(7-2)14(21)11-19(5)17(23)15(12(3)4)18-16(22)13-9-8-10-24-13/h8-10,12,15H,6-7,11H2,1-5H3,(H,18,22). The Balaban J connectivity index is 2.75. The van der Waals surface area contributed by atoms with Crippen LogP contribution in [0.15, 0.2) is 22.8 Å². The van der Waals surface area contributed by atoms with E-state index in [1.807, 2.05) is 27.7 Å². The van der Waals surface area contributed by atoms with Crippen LogP contribution in [-0.4, -0.2) is 60.2 Å². The van der Waals surface area contributed by atoms with Crippen molar-refractivity contribution in [3.8, 4) is 0 Å². The maximum atomic E-state index is 12.6. The third-order valence-corrected chi connectivity index (χ3v) is 3.83. The fourth-order valence-electron chi connectivity index (χ4n) is 2.33. The van der Waals surface area contributed by atoms with Gasteiger partial charge in [-0.2, -0.15) is 0 Å². The third-order valence-electron chi connectivity index (χ3n) is 3.83. The molecule has 1 atom stereocenters. The molecule has 7 heteroatoms. The van der Waals surface area contributed by atoms with E-state index in [1.165, 1.54) is 17.2 Å². The van der Waals surface area contributed by atoms with Gasteiger partial charge < -0.3 is 19.5 Å². The lowest BCUT2D eigenvalue weighted by molar-refractivity contribution is -0.140. The summed E-state index contributed by atoms with van der Waals surface area (Å²) < 4.78 is 5.04. The molecule has 1 rings (SSSR count). The average Bonchev–Trinajstić information content (AvgIpc) is 3.07. The number of nitrogens with zero attached hydrogens (tertiary/aromatic N) is 2. The largest absolute Gasteiger partial charge is 0.459 e. The Kier molecular flexibility index (Phi) is 7.48. The maximum absolute atomic E-state index is 12.6. The molecule has 3 amide bonds. The van der Waals surface area contributed by atoms with E-state index in [2.05, 4.69) is 5.32 Å². The molecule has 0 bridgehead atoms. The van der Waals surface area contributed by atoms with Crippen molar-refractivity contribution in [2.24, 2.45) is 5.92 Å². The van der Waals surface area contributed by atoms with Crippen LogP contribution in [-0.2, 0) is 9.59 Å². The van der Waals surface area contributed by atoms with Gasteiger partial charge in [0.15, 0.2) is 5.76 Å². The van der Waals surface area contributed by atoms with Gasteiger partial charge in [-0.05, 0) is 31.9 Å². The van der Waals surface area contributed by atoms with Crippen molar-refractivity contribution in [2.75, 3.05) is 26.7 Å². The summed E-state index contributed by atoms with van der Waals surface area (Å²) in [5, 5.41) is 2.68. The van der Waals surface area contributed by atoms with Gasteiger partial charge in [-0.3, -0.25) is 14.4 Å². The van der Waals surface area contributed by atoms with E-state index in [0.29, 0.717) is 13.1 Å². The molecule has 1 N–H and O–H groups in total. The summed E-state index contributed by atoms with van der Waals surface area (Å²) in [4.78, 5) is 39.9. The molecule has 0 saturated heterocycles. The van der Waals surface area contributed by atoms with Crippen molar-refractivity contribution in [3.63, 3.8) is 0 Å². The van der Waals surface area contributed by atoms with Crippen LogP contribution < -0.4 is 5.32 Å². The summed E-state index contributed by atoms with van der Waals surface area (Å²) in [7, 11) is 1.57. The van der Waals surface area contributed by atoms with Gasteiger partial charge in [-0.25, -0.2) is 0 Å². The molecule has 1 unspecified atom stereocenters. The number of hydrogen-bond acceptors (Lipinski definition) is 4. The predicted molar refractivity (Wildman–Crippen MR) is 90.4 cm³/mol. The van der Waals surface area contributed by atoms with E-state index in [1.54, 1.807) is 18.0 Å². The molecule has 0 aliphatic carbocycles. The smallest absolute Gasteiger partial charge is 0.287 e. The molecule has 0 aliphatic heterocycles. The molecule has 0 radical (unpaired) electrons. The number of nitrogens with one attached hydrogen (secondary N) is 1. The maximum Gasteiger partial charge on any atom is 0.287 e. The summed E-state index contributed by atoms with van der Waals surface area (Å²) in [5.41, 5.74) is 0. The Morgan fingerprint density at radius 3 is 2.29 bits per heavy atom. The van der Waals surface area contributed by atoms with Crippen LogP contribution in [0, 0.1) is 5.92 Å². The van der Waals surface area contributed by atoms with Crippen molar-refractivity contribution in [1.82, 2.24) is 15.1 Å². The zero-order chi connectivity index (χ0) is 18.3. The van der Waals surface area contributed by atoms with Crippen LogP contribution in [0.4, 0.5) is 0 Å². The van der Waals surface area contributed by atoms with Crippen LogP contribution in [0.2, 0.25) is 0 Å². The number of rotatable bonds is 8. The molecule has 0 aliphatic rings. The van der Waals surface area contributed by atoms with Gasteiger partial charge in [0.1, 0.15) is 6.04 Å². The molecule has 1 heterocycles. The van der Waals surface area contributed by atoms with Crippen LogP contribution in [0.1, 0.15) is 38.2 Å². The van der Waals surface area contributed by atoms with E-state index in [9.17, 15) is 14.4 Å². The van der Waals surface area contributed by atoms with Gasteiger partial charge in [-0.1, -0.05) is 13.8 Å². The minimum atomic E-state index is -0.725. The minimum absolute atomic E-state index is 0.0135.